The standard InChI is InChI=1S/C33H35NO3/c1-3-36-33(35)23-32(30-19-21-31(22-20-30)37-25-28-15-9-5-10-16-28)34(24-27-13-7-4-8-14-27)26(2)29-17-11-6-12-18-29/h4-22,26,32H,3,23-25H2,1-2H3. The van der Waals surface area contributed by atoms with E-state index < -0.39 is 0 Å². The average Bonchev–Trinajstić information content (AvgIpc) is 2.95. The van der Waals surface area contributed by atoms with Crippen molar-refractivity contribution in [1.82, 2.24) is 4.90 Å². The fraction of sp³-hybridized carbons (Fsp3) is 0.242. The van der Waals surface area contributed by atoms with Gasteiger partial charge in [-0.2, -0.15) is 0 Å². The summed E-state index contributed by atoms with van der Waals surface area (Å²) < 4.78 is 11.4. The molecule has 0 fully saturated rings. The Balaban J connectivity index is 1.63. The minimum atomic E-state index is -0.199. The van der Waals surface area contributed by atoms with Crippen molar-refractivity contribution in [2.75, 3.05) is 6.61 Å². The SMILES string of the molecule is CCOC(=O)CC(c1ccc(OCc2ccccc2)cc1)N(Cc1ccccc1)C(C)c1ccccc1. The normalized spacial score (nSPS) is 12.6. The van der Waals surface area contributed by atoms with Crippen LogP contribution in [0.25, 0.3) is 0 Å². The van der Waals surface area contributed by atoms with Crippen molar-refractivity contribution >= 4 is 5.97 Å². The van der Waals surface area contributed by atoms with E-state index in [0.717, 1.165) is 16.9 Å². The largest absolute Gasteiger partial charge is 0.489 e. The van der Waals surface area contributed by atoms with Crippen LogP contribution >= 0.6 is 0 Å². The molecule has 0 aromatic heterocycles. The molecule has 4 rings (SSSR count). The van der Waals surface area contributed by atoms with E-state index >= 15 is 0 Å². The van der Waals surface area contributed by atoms with Crippen molar-refractivity contribution in [3.63, 3.8) is 0 Å². The van der Waals surface area contributed by atoms with Gasteiger partial charge in [-0.05, 0) is 48.2 Å². The maximum Gasteiger partial charge on any atom is 0.307 e. The van der Waals surface area contributed by atoms with Crippen LogP contribution < -0.4 is 4.74 Å². The molecule has 0 aliphatic heterocycles. The van der Waals surface area contributed by atoms with Gasteiger partial charge in [-0.15, -0.1) is 0 Å². The van der Waals surface area contributed by atoms with E-state index in [2.05, 4.69) is 84.6 Å². The lowest BCUT2D eigenvalue weighted by Gasteiger charge is -2.37. The van der Waals surface area contributed by atoms with E-state index in [-0.39, 0.29) is 24.5 Å². The summed E-state index contributed by atoms with van der Waals surface area (Å²) in [5, 5.41) is 0. The molecular formula is C33H35NO3. The molecule has 2 atom stereocenters. The number of carbonyl (C=O) groups excluding carboxylic acids is 1. The maximum atomic E-state index is 12.8. The van der Waals surface area contributed by atoms with Crippen molar-refractivity contribution in [1.29, 1.82) is 0 Å². The smallest absolute Gasteiger partial charge is 0.307 e. The first-order valence-electron chi connectivity index (χ1n) is 12.9. The molecule has 0 saturated heterocycles. The van der Waals surface area contributed by atoms with E-state index in [0.29, 0.717) is 19.8 Å². The Hall–Kier alpha value is -3.89. The third kappa shape index (κ3) is 7.55. The lowest BCUT2D eigenvalue weighted by Crippen LogP contribution is -2.33. The predicted molar refractivity (Wildman–Crippen MR) is 148 cm³/mol. The van der Waals surface area contributed by atoms with Gasteiger partial charge in [0.05, 0.1) is 13.0 Å². The molecule has 4 nitrogen and oxygen atoms in total. The van der Waals surface area contributed by atoms with Gasteiger partial charge in [-0.3, -0.25) is 9.69 Å². The second-order valence-electron chi connectivity index (χ2n) is 9.11. The Morgan fingerprint density at radius 2 is 1.30 bits per heavy atom. The Kier molecular flexibility index (Phi) is 9.50. The monoisotopic (exact) mass is 493 g/mol. The highest BCUT2D eigenvalue weighted by atomic mass is 16.5. The Morgan fingerprint density at radius 1 is 0.730 bits per heavy atom. The van der Waals surface area contributed by atoms with Crippen LogP contribution in [-0.4, -0.2) is 17.5 Å². The Labute approximate surface area is 220 Å². The van der Waals surface area contributed by atoms with Crippen LogP contribution in [0.1, 0.15) is 54.6 Å². The zero-order chi connectivity index (χ0) is 25.9. The first kappa shape index (κ1) is 26.2. The van der Waals surface area contributed by atoms with Crippen LogP contribution in [0, 0.1) is 0 Å². The number of carbonyl (C=O) groups is 1. The van der Waals surface area contributed by atoms with Crippen molar-refractivity contribution in [3.05, 3.63) is 138 Å². The second-order valence-corrected chi connectivity index (χ2v) is 9.11. The average molecular weight is 494 g/mol. The van der Waals surface area contributed by atoms with E-state index in [1.807, 2.05) is 49.4 Å². The molecule has 190 valence electrons. The number of hydrogen-bond acceptors (Lipinski definition) is 4. The number of esters is 1. The van der Waals surface area contributed by atoms with Crippen LogP contribution in [0.15, 0.2) is 115 Å². The van der Waals surface area contributed by atoms with E-state index in [1.54, 1.807) is 0 Å². The molecule has 0 aliphatic rings. The van der Waals surface area contributed by atoms with E-state index in [4.69, 9.17) is 9.47 Å². The summed E-state index contributed by atoms with van der Waals surface area (Å²) >= 11 is 0. The van der Waals surface area contributed by atoms with Gasteiger partial charge in [-0.1, -0.05) is 103 Å². The highest BCUT2D eigenvalue weighted by Gasteiger charge is 2.29. The lowest BCUT2D eigenvalue weighted by atomic mass is 9.96. The summed E-state index contributed by atoms with van der Waals surface area (Å²) in [6.07, 6.45) is 0.266. The molecule has 4 aromatic carbocycles. The molecular weight excluding hydrogens is 458 g/mol. The lowest BCUT2D eigenvalue weighted by molar-refractivity contribution is -0.145. The molecule has 0 amide bonds. The highest BCUT2D eigenvalue weighted by molar-refractivity contribution is 5.70. The van der Waals surface area contributed by atoms with Crippen molar-refractivity contribution in [2.45, 2.75) is 45.5 Å². The Bertz CT molecular complexity index is 1210. The van der Waals surface area contributed by atoms with Gasteiger partial charge in [0.2, 0.25) is 0 Å². The zero-order valence-electron chi connectivity index (χ0n) is 21.6. The fourth-order valence-corrected chi connectivity index (χ4v) is 4.57. The molecule has 4 heteroatoms. The van der Waals surface area contributed by atoms with Crippen LogP contribution in [0.4, 0.5) is 0 Å². The first-order chi connectivity index (χ1) is 18.1. The minimum Gasteiger partial charge on any atom is -0.489 e. The molecule has 0 radical (unpaired) electrons. The van der Waals surface area contributed by atoms with Gasteiger partial charge in [0.15, 0.2) is 0 Å². The first-order valence-corrected chi connectivity index (χ1v) is 12.9. The van der Waals surface area contributed by atoms with Gasteiger partial charge in [0, 0.05) is 18.6 Å². The number of hydrogen-bond donors (Lipinski definition) is 0. The molecule has 0 N–H and O–H groups in total. The maximum absolute atomic E-state index is 12.8. The topological polar surface area (TPSA) is 38.8 Å². The van der Waals surface area contributed by atoms with Crippen LogP contribution in [0.5, 0.6) is 5.75 Å². The van der Waals surface area contributed by atoms with Crippen LogP contribution in [0.3, 0.4) is 0 Å². The van der Waals surface area contributed by atoms with E-state index in [9.17, 15) is 4.79 Å². The summed E-state index contributed by atoms with van der Waals surface area (Å²) in [6, 6.07) is 39.0. The number of rotatable bonds is 12. The molecule has 2 unspecified atom stereocenters. The summed E-state index contributed by atoms with van der Waals surface area (Å²) in [6.45, 7) is 5.63. The van der Waals surface area contributed by atoms with Gasteiger partial charge in [0.25, 0.3) is 0 Å². The summed E-state index contributed by atoms with van der Waals surface area (Å²) in [7, 11) is 0. The van der Waals surface area contributed by atoms with Crippen molar-refractivity contribution in [3.8, 4) is 5.75 Å². The molecule has 0 saturated carbocycles. The molecule has 0 bridgehead atoms. The van der Waals surface area contributed by atoms with Crippen molar-refractivity contribution < 1.29 is 14.3 Å². The third-order valence-corrected chi connectivity index (χ3v) is 6.57. The quantitative estimate of drug-likeness (QED) is 0.191. The number of nitrogens with zero attached hydrogens (tertiary/aromatic N) is 1. The molecule has 0 spiro atoms. The zero-order valence-corrected chi connectivity index (χ0v) is 21.6. The van der Waals surface area contributed by atoms with Crippen LogP contribution in [0.2, 0.25) is 0 Å². The van der Waals surface area contributed by atoms with E-state index in [1.165, 1.54) is 11.1 Å². The predicted octanol–water partition coefficient (Wildman–Crippen LogP) is 7.52. The fourth-order valence-electron chi connectivity index (χ4n) is 4.57. The number of ether oxygens (including phenoxy) is 2. The summed E-state index contributed by atoms with van der Waals surface area (Å²) in [5.41, 5.74) is 4.58. The third-order valence-electron chi connectivity index (χ3n) is 6.57. The number of benzene rings is 4. The Morgan fingerprint density at radius 3 is 1.89 bits per heavy atom. The molecule has 0 aliphatic carbocycles. The summed E-state index contributed by atoms with van der Waals surface area (Å²) in [4.78, 5) is 15.2. The summed E-state index contributed by atoms with van der Waals surface area (Å²) in [5.74, 6) is 0.600. The highest BCUT2D eigenvalue weighted by Crippen LogP contribution is 2.35. The van der Waals surface area contributed by atoms with Crippen molar-refractivity contribution in [2.24, 2.45) is 0 Å². The van der Waals surface area contributed by atoms with Gasteiger partial charge in [0.1, 0.15) is 12.4 Å². The van der Waals surface area contributed by atoms with Gasteiger partial charge < -0.3 is 9.47 Å². The van der Waals surface area contributed by atoms with Crippen LogP contribution in [-0.2, 0) is 22.7 Å². The second kappa shape index (κ2) is 13.4. The van der Waals surface area contributed by atoms with Gasteiger partial charge >= 0.3 is 5.97 Å². The molecule has 0 heterocycles. The molecule has 4 aromatic rings. The minimum absolute atomic E-state index is 0.0786. The van der Waals surface area contributed by atoms with Gasteiger partial charge in [-0.25, -0.2) is 0 Å². The molecule has 37 heavy (non-hydrogen) atoms.